The Morgan fingerprint density at radius 1 is 1.24 bits per heavy atom. The van der Waals surface area contributed by atoms with E-state index < -0.39 is 16.7 Å². The number of furan rings is 1. The molecule has 0 bridgehead atoms. The van der Waals surface area contributed by atoms with E-state index in [0.29, 0.717) is 31.1 Å². The first-order valence-corrected chi connectivity index (χ1v) is 9.19. The summed E-state index contributed by atoms with van der Waals surface area (Å²) in [5, 5.41) is 16.2. The van der Waals surface area contributed by atoms with Crippen molar-refractivity contribution in [2.45, 2.75) is 12.8 Å². The number of likely N-dealkylation sites (tertiary alicyclic amines) is 1. The molecule has 3 rings (SSSR count). The van der Waals surface area contributed by atoms with E-state index in [1.165, 1.54) is 6.07 Å². The van der Waals surface area contributed by atoms with Crippen LogP contribution in [0.1, 0.15) is 23.4 Å². The van der Waals surface area contributed by atoms with Crippen LogP contribution in [0, 0.1) is 16.0 Å². The summed E-state index contributed by atoms with van der Waals surface area (Å²) >= 11 is 0. The molecule has 0 atom stereocenters. The summed E-state index contributed by atoms with van der Waals surface area (Å²) in [6.45, 7) is 1.54. The molecule has 3 amide bonds. The van der Waals surface area contributed by atoms with Gasteiger partial charge in [0, 0.05) is 19.6 Å². The van der Waals surface area contributed by atoms with Crippen molar-refractivity contribution >= 4 is 23.5 Å². The highest BCUT2D eigenvalue weighted by molar-refractivity contribution is 5.92. The van der Waals surface area contributed by atoms with E-state index >= 15 is 0 Å². The van der Waals surface area contributed by atoms with Crippen LogP contribution in [0.5, 0.6) is 5.75 Å². The van der Waals surface area contributed by atoms with E-state index in [1.807, 2.05) is 12.1 Å². The van der Waals surface area contributed by atoms with Gasteiger partial charge in [0.25, 0.3) is 5.91 Å². The van der Waals surface area contributed by atoms with Crippen molar-refractivity contribution in [1.82, 2.24) is 10.2 Å². The quantitative estimate of drug-likeness (QED) is 0.565. The van der Waals surface area contributed by atoms with Crippen molar-refractivity contribution in [1.29, 1.82) is 0 Å². The maximum Gasteiger partial charge on any atom is 0.433 e. The third-order valence-electron chi connectivity index (χ3n) is 4.80. The van der Waals surface area contributed by atoms with Crippen LogP contribution in [0.4, 0.5) is 16.4 Å². The van der Waals surface area contributed by atoms with Gasteiger partial charge in [-0.2, -0.15) is 0 Å². The number of carbonyl (C=O) groups is 2. The molecular formula is C19H22N4O6. The van der Waals surface area contributed by atoms with Gasteiger partial charge in [0.15, 0.2) is 5.76 Å². The second-order valence-electron chi connectivity index (χ2n) is 6.67. The summed E-state index contributed by atoms with van der Waals surface area (Å²) in [6, 6.07) is 9.43. The normalized spacial score (nSPS) is 14.3. The van der Waals surface area contributed by atoms with E-state index in [0.717, 1.165) is 18.9 Å². The number of piperidine rings is 1. The van der Waals surface area contributed by atoms with Crippen LogP contribution in [-0.2, 0) is 0 Å². The monoisotopic (exact) mass is 402 g/mol. The fraction of sp³-hybridized carbons (Fsp3) is 0.368. The molecule has 1 aromatic heterocycles. The van der Waals surface area contributed by atoms with E-state index in [2.05, 4.69) is 10.6 Å². The molecule has 1 fully saturated rings. The zero-order valence-corrected chi connectivity index (χ0v) is 15.9. The summed E-state index contributed by atoms with van der Waals surface area (Å²) < 4.78 is 10.1. The fourth-order valence-corrected chi connectivity index (χ4v) is 3.15. The van der Waals surface area contributed by atoms with E-state index in [9.17, 15) is 19.7 Å². The predicted octanol–water partition coefficient (Wildman–Crippen LogP) is 2.87. The Morgan fingerprint density at radius 2 is 1.97 bits per heavy atom. The van der Waals surface area contributed by atoms with Gasteiger partial charge in [-0.05, 0) is 37.0 Å². The number of hydrogen-bond acceptors (Lipinski definition) is 6. The lowest BCUT2D eigenvalue weighted by atomic mass is 9.97. The topological polar surface area (TPSA) is 127 Å². The molecule has 1 saturated heterocycles. The molecule has 29 heavy (non-hydrogen) atoms. The largest absolute Gasteiger partial charge is 0.495 e. The van der Waals surface area contributed by atoms with Gasteiger partial charge in [-0.15, -0.1) is 0 Å². The van der Waals surface area contributed by atoms with Gasteiger partial charge in [0.05, 0.1) is 18.9 Å². The first-order valence-electron chi connectivity index (χ1n) is 9.19. The number of urea groups is 1. The predicted molar refractivity (Wildman–Crippen MR) is 104 cm³/mol. The van der Waals surface area contributed by atoms with Crippen LogP contribution in [-0.4, -0.2) is 48.5 Å². The van der Waals surface area contributed by atoms with Crippen molar-refractivity contribution < 1.29 is 23.7 Å². The Labute approximate surface area is 167 Å². The lowest BCUT2D eigenvalue weighted by molar-refractivity contribution is -0.402. The molecule has 0 aliphatic carbocycles. The molecule has 1 aliphatic heterocycles. The minimum Gasteiger partial charge on any atom is -0.495 e. The highest BCUT2D eigenvalue weighted by Crippen LogP contribution is 2.24. The van der Waals surface area contributed by atoms with Crippen LogP contribution < -0.4 is 15.4 Å². The molecule has 2 heterocycles. The van der Waals surface area contributed by atoms with Crippen molar-refractivity contribution in [3.63, 3.8) is 0 Å². The second kappa shape index (κ2) is 9.09. The zero-order valence-electron chi connectivity index (χ0n) is 15.9. The smallest absolute Gasteiger partial charge is 0.433 e. The fourth-order valence-electron chi connectivity index (χ4n) is 3.15. The first-order chi connectivity index (χ1) is 14.0. The Morgan fingerprint density at radius 3 is 2.62 bits per heavy atom. The highest BCUT2D eigenvalue weighted by Gasteiger charge is 2.24. The lowest BCUT2D eigenvalue weighted by Crippen LogP contribution is -2.43. The summed E-state index contributed by atoms with van der Waals surface area (Å²) in [6.07, 6.45) is 1.47. The van der Waals surface area contributed by atoms with Crippen molar-refractivity contribution in [3.05, 3.63) is 52.3 Å². The van der Waals surface area contributed by atoms with Crippen LogP contribution in [0.2, 0.25) is 0 Å². The van der Waals surface area contributed by atoms with Gasteiger partial charge >= 0.3 is 11.9 Å². The number of ether oxygens (including phenoxy) is 1. The Bertz CT molecular complexity index is 888. The van der Waals surface area contributed by atoms with Gasteiger partial charge in [-0.1, -0.05) is 12.1 Å². The molecule has 1 aromatic carbocycles. The summed E-state index contributed by atoms with van der Waals surface area (Å²) in [5.41, 5.74) is 0.613. The Balaban J connectivity index is 1.44. The molecule has 10 heteroatoms. The molecule has 10 nitrogen and oxygen atoms in total. The van der Waals surface area contributed by atoms with Crippen molar-refractivity contribution in [2.24, 2.45) is 5.92 Å². The maximum absolute atomic E-state index is 12.5. The number of hydrogen-bond donors (Lipinski definition) is 2. The number of nitro groups is 1. The number of carbonyl (C=O) groups excluding carboxylic acids is 2. The SMILES string of the molecule is COc1ccccc1NC(=O)N1CCC(CNC(=O)c2ccc([N+](=O)[O-])o2)CC1. The number of anilines is 1. The number of benzene rings is 1. The minimum atomic E-state index is -0.692. The molecular weight excluding hydrogens is 380 g/mol. The number of para-hydroxylation sites is 2. The average Bonchev–Trinajstić information content (AvgIpc) is 3.23. The Hall–Kier alpha value is -3.56. The third kappa shape index (κ3) is 5.03. The molecule has 0 spiro atoms. The highest BCUT2D eigenvalue weighted by atomic mass is 16.6. The summed E-state index contributed by atoms with van der Waals surface area (Å²) in [5.74, 6) is -0.250. The summed E-state index contributed by atoms with van der Waals surface area (Å²) in [4.78, 5) is 36.2. The number of nitrogens with zero attached hydrogens (tertiary/aromatic N) is 2. The number of rotatable bonds is 6. The van der Waals surface area contributed by atoms with Crippen molar-refractivity contribution in [3.8, 4) is 5.75 Å². The first kappa shape index (κ1) is 20.2. The van der Waals surface area contributed by atoms with Gasteiger partial charge in [-0.3, -0.25) is 14.9 Å². The molecule has 1 aliphatic rings. The number of amides is 3. The average molecular weight is 402 g/mol. The van der Waals surface area contributed by atoms with Gasteiger partial charge in [0.1, 0.15) is 10.7 Å². The van der Waals surface area contributed by atoms with Gasteiger partial charge < -0.3 is 24.7 Å². The number of methoxy groups -OCH3 is 1. The van der Waals surface area contributed by atoms with Crippen molar-refractivity contribution in [2.75, 3.05) is 32.1 Å². The molecule has 0 unspecified atom stereocenters. The van der Waals surface area contributed by atoms with Crippen LogP contribution >= 0.6 is 0 Å². The molecule has 2 aromatic rings. The molecule has 0 saturated carbocycles. The Kier molecular flexibility index (Phi) is 6.32. The number of nitrogens with one attached hydrogen (secondary N) is 2. The lowest BCUT2D eigenvalue weighted by Gasteiger charge is -2.32. The van der Waals surface area contributed by atoms with Gasteiger partial charge in [0.2, 0.25) is 0 Å². The second-order valence-corrected chi connectivity index (χ2v) is 6.67. The van der Waals surface area contributed by atoms with Gasteiger partial charge in [-0.25, -0.2) is 4.79 Å². The zero-order chi connectivity index (χ0) is 20.8. The third-order valence-corrected chi connectivity index (χ3v) is 4.80. The minimum absolute atomic E-state index is 0.0923. The van der Waals surface area contributed by atoms with Crippen LogP contribution in [0.15, 0.2) is 40.8 Å². The van der Waals surface area contributed by atoms with E-state index in [-0.39, 0.29) is 17.7 Å². The molecule has 2 N–H and O–H groups in total. The van der Waals surface area contributed by atoms with Crippen LogP contribution in [0.3, 0.4) is 0 Å². The molecule has 154 valence electrons. The standard InChI is InChI=1S/C19H22N4O6/c1-28-15-5-3-2-4-14(15)21-19(25)22-10-8-13(9-11-22)12-20-18(24)16-6-7-17(29-16)23(26)27/h2-7,13H,8-12H2,1H3,(H,20,24)(H,21,25). The van der Waals surface area contributed by atoms with Crippen LogP contribution in [0.25, 0.3) is 0 Å². The van der Waals surface area contributed by atoms with E-state index in [4.69, 9.17) is 9.15 Å². The maximum atomic E-state index is 12.5. The molecule has 0 radical (unpaired) electrons. The summed E-state index contributed by atoms with van der Waals surface area (Å²) in [7, 11) is 1.55. The van der Waals surface area contributed by atoms with E-state index in [1.54, 1.807) is 24.1 Å².